The summed E-state index contributed by atoms with van der Waals surface area (Å²) in [6.45, 7) is 5.77. The second kappa shape index (κ2) is 19.6. The van der Waals surface area contributed by atoms with Crippen molar-refractivity contribution in [2.45, 2.75) is 29.2 Å². The lowest BCUT2D eigenvalue weighted by Crippen LogP contribution is -2.46. The smallest absolute Gasteiger partial charge is 0.263 e. The first-order chi connectivity index (χ1) is 29.8. The lowest BCUT2D eigenvalue weighted by atomic mass is 9.96. The molecule has 0 radical (unpaired) electrons. The highest BCUT2D eigenvalue weighted by atomic mass is 32.2. The van der Waals surface area contributed by atoms with E-state index in [1.807, 2.05) is 75.1 Å². The highest BCUT2D eigenvalue weighted by molar-refractivity contribution is 7.99. The van der Waals surface area contributed by atoms with Crippen molar-refractivity contribution in [1.82, 2.24) is 14.2 Å². The van der Waals surface area contributed by atoms with Gasteiger partial charge in [-0.2, -0.15) is 0 Å². The van der Waals surface area contributed by atoms with Gasteiger partial charge in [-0.05, 0) is 136 Å². The monoisotopic (exact) mass is 892 g/mol. The Kier molecular flexibility index (Phi) is 14.1. The maximum absolute atomic E-state index is 13.9. The molecule has 2 heterocycles. The van der Waals surface area contributed by atoms with Crippen molar-refractivity contribution in [2.75, 3.05) is 78.1 Å². The zero-order valence-corrected chi connectivity index (χ0v) is 37.8. The number of nitrogens with zero attached hydrogens (tertiary/aromatic N) is 4. The molecule has 11 nitrogen and oxygen atoms in total. The van der Waals surface area contributed by atoms with Crippen LogP contribution in [0, 0.1) is 12.7 Å². The quantitative estimate of drug-likeness (QED) is 0.0369. The van der Waals surface area contributed by atoms with Gasteiger partial charge in [0, 0.05) is 78.2 Å². The fourth-order valence-electron chi connectivity index (χ4n) is 7.78. The third-order valence-corrected chi connectivity index (χ3v) is 14.0. The molecule has 5 aromatic carbocycles. The van der Waals surface area contributed by atoms with Crippen LogP contribution in [-0.4, -0.2) is 82.4 Å². The van der Waals surface area contributed by atoms with Crippen LogP contribution < -0.4 is 30.3 Å². The van der Waals surface area contributed by atoms with Crippen molar-refractivity contribution in [3.63, 3.8) is 0 Å². The predicted molar refractivity (Wildman–Crippen MR) is 258 cm³/mol. The number of amides is 1. The number of nitrogens with one attached hydrogen (secondary N) is 3. The second-order valence-corrected chi connectivity index (χ2v) is 18.7. The van der Waals surface area contributed by atoms with Crippen molar-refractivity contribution in [3.05, 3.63) is 138 Å². The molecule has 1 atom stereocenters. The average Bonchev–Trinajstić information content (AvgIpc) is 3.54. The minimum absolute atomic E-state index is 0.0867. The molecule has 0 saturated carbocycles. The van der Waals surface area contributed by atoms with E-state index in [0.717, 1.165) is 84.4 Å². The van der Waals surface area contributed by atoms with Crippen LogP contribution >= 0.6 is 24.6 Å². The molecule has 0 unspecified atom stereocenters. The Labute approximate surface area is 374 Å². The average molecular weight is 893 g/mol. The Balaban J connectivity index is 0.993. The molecule has 1 amide bonds. The van der Waals surface area contributed by atoms with Gasteiger partial charge in [0.1, 0.15) is 5.82 Å². The third kappa shape index (κ3) is 10.4. The number of thioether (sulfide) groups is 1. The van der Waals surface area contributed by atoms with Crippen molar-refractivity contribution in [1.29, 1.82) is 0 Å². The zero-order chi connectivity index (χ0) is 44.0. The van der Waals surface area contributed by atoms with E-state index in [-0.39, 0.29) is 22.7 Å². The van der Waals surface area contributed by atoms with E-state index in [2.05, 4.69) is 66.5 Å². The molecule has 0 bridgehead atoms. The number of hydrogen-bond acceptors (Lipinski definition) is 10. The van der Waals surface area contributed by atoms with Crippen molar-refractivity contribution in [2.24, 2.45) is 7.05 Å². The highest BCUT2D eigenvalue weighted by Crippen LogP contribution is 2.40. The lowest BCUT2D eigenvalue weighted by molar-refractivity contribution is 0.0985. The Morgan fingerprint density at radius 2 is 1.53 bits per heavy atom. The fourth-order valence-corrected chi connectivity index (χ4v) is 9.98. The van der Waals surface area contributed by atoms with Crippen LogP contribution in [0.1, 0.15) is 22.5 Å². The first kappa shape index (κ1) is 44.4. The standard InChI is InChI=1S/C47H53FN8O3S3/c1-32-44(47(57)51-60)45(46(54(32)4)33-13-15-35(48)16-14-33)34-9-8-10-39(29-34)56-27-25-55(26-28-56)38-19-17-36(18-20-38)52-62(58,59)41-21-22-43(42(49)30-41)50-37(23-24-53(2)3)31-61-40-11-6-5-7-12-40/h5-22,29-30,37,50,52,60H,23-28,31,49H2,1-4H3,(H,51,57)/t37-/m1/s1. The summed E-state index contributed by atoms with van der Waals surface area (Å²) in [7, 11) is 2.09. The molecule has 1 saturated heterocycles. The van der Waals surface area contributed by atoms with Crippen LogP contribution in [-0.2, 0) is 17.1 Å². The Hall–Kier alpha value is -5.61. The highest BCUT2D eigenvalue weighted by Gasteiger charge is 2.27. The summed E-state index contributed by atoms with van der Waals surface area (Å²) >= 11 is 5.86. The SMILES string of the molecule is Cc1c(C(=O)NS)c(-c2cccc(N3CCN(c4ccc(NS(=O)(=O)c5ccc(N[C@H](CCN(C)C)CSc6ccccc6)c(N)c5)cc4)CC3)c2)c(-c2ccc(F)cc2)n1C. The van der Waals surface area contributed by atoms with Crippen molar-refractivity contribution < 1.29 is 17.6 Å². The number of thiol groups is 1. The van der Waals surface area contributed by atoms with E-state index in [0.29, 0.717) is 22.6 Å². The molecule has 324 valence electrons. The summed E-state index contributed by atoms with van der Waals surface area (Å²) in [6.07, 6.45) is 0.893. The van der Waals surface area contributed by atoms with E-state index in [4.69, 9.17) is 5.73 Å². The number of carbonyl (C=O) groups excluding carboxylic acids is 1. The molecular formula is C47H53FN8O3S3. The molecule has 0 spiro atoms. The number of piperazine rings is 1. The number of carbonyl (C=O) groups is 1. The summed E-state index contributed by atoms with van der Waals surface area (Å²) < 4.78 is 48.2. The number of hydrogen-bond donors (Lipinski definition) is 5. The molecule has 1 aliphatic rings. The van der Waals surface area contributed by atoms with E-state index in [9.17, 15) is 17.6 Å². The van der Waals surface area contributed by atoms with Gasteiger partial charge in [-0.15, -0.1) is 11.8 Å². The van der Waals surface area contributed by atoms with Gasteiger partial charge in [-0.25, -0.2) is 12.8 Å². The number of anilines is 5. The molecule has 1 fully saturated rings. The molecule has 15 heteroatoms. The Morgan fingerprint density at radius 3 is 2.18 bits per heavy atom. The Bertz CT molecular complexity index is 2600. The van der Waals surface area contributed by atoms with Crippen molar-refractivity contribution >= 4 is 68.9 Å². The minimum Gasteiger partial charge on any atom is -0.397 e. The second-order valence-electron chi connectivity index (χ2n) is 15.7. The molecule has 5 N–H and O–H groups in total. The van der Waals surface area contributed by atoms with E-state index in [1.165, 1.54) is 23.1 Å². The summed E-state index contributed by atoms with van der Waals surface area (Å²) in [5.41, 5.74) is 14.5. The largest absolute Gasteiger partial charge is 0.397 e. The molecule has 7 rings (SSSR count). The number of nitrogen functional groups attached to an aromatic ring is 1. The van der Waals surface area contributed by atoms with Crippen LogP contribution in [0.25, 0.3) is 22.4 Å². The molecule has 6 aromatic rings. The maximum Gasteiger partial charge on any atom is 0.263 e. The zero-order valence-electron chi connectivity index (χ0n) is 35.3. The van der Waals surface area contributed by atoms with Crippen molar-refractivity contribution in [3.8, 4) is 22.4 Å². The van der Waals surface area contributed by atoms with Gasteiger partial charge in [-0.1, -0.05) is 43.1 Å². The molecule has 0 aliphatic carbocycles. The molecule has 1 aliphatic heterocycles. The van der Waals surface area contributed by atoms with Crippen LogP contribution in [0.4, 0.5) is 32.8 Å². The first-order valence-electron chi connectivity index (χ1n) is 20.4. The van der Waals surface area contributed by atoms with Gasteiger partial charge in [0.15, 0.2) is 0 Å². The topological polar surface area (TPSA) is 128 Å². The number of benzene rings is 5. The normalized spacial score (nSPS) is 13.6. The number of halogens is 1. The summed E-state index contributed by atoms with van der Waals surface area (Å²) in [4.78, 5) is 21.2. The summed E-state index contributed by atoms with van der Waals surface area (Å²) in [5, 5.41) is 3.56. The van der Waals surface area contributed by atoms with E-state index in [1.54, 1.807) is 48.2 Å². The fraction of sp³-hybridized carbons (Fsp3) is 0.255. The van der Waals surface area contributed by atoms with E-state index < -0.39 is 10.0 Å². The van der Waals surface area contributed by atoms with Gasteiger partial charge in [-0.3, -0.25) is 14.2 Å². The third-order valence-electron chi connectivity index (χ3n) is 11.2. The Morgan fingerprint density at radius 1 is 0.855 bits per heavy atom. The van der Waals surface area contributed by atoms with Crippen LogP contribution in [0.2, 0.25) is 0 Å². The molecule has 1 aromatic heterocycles. The van der Waals surface area contributed by atoms with Gasteiger partial charge in [0.05, 0.1) is 27.5 Å². The van der Waals surface area contributed by atoms with Gasteiger partial charge in [0.2, 0.25) is 0 Å². The van der Waals surface area contributed by atoms with Crippen LogP contribution in [0.5, 0.6) is 0 Å². The maximum atomic E-state index is 13.9. The predicted octanol–water partition coefficient (Wildman–Crippen LogP) is 8.62. The summed E-state index contributed by atoms with van der Waals surface area (Å²) in [6, 6.07) is 37.1. The van der Waals surface area contributed by atoms with Gasteiger partial charge >= 0.3 is 0 Å². The summed E-state index contributed by atoms with van der Waals surface area (Å²) in [5.74, 6) is 0.181. The number of sulfonamides is 1. The van der Waals surface area contributed by atoms with Gasteiger partial charge in [0.25, 0.3) is 15.9 Å². The number of rotatable bonds is 16. The first-order valence-corrected chi connectivity index (χ1v) is 23.3. The van der Waals surface area contributed by atoms with Crippen LogP contribution in [0.15, 0.2) is 131 Å². The number of aromatic nitrogens is 1. The van der Waals surface area contributed by atoms with Gasteiger partial charge < -0.3 is 30.3 Å². The molecular weight excluding hydrogens is 840 g/mol. The minimum atomic E-state index is -3.91. The lowest BCUT2D eigenvalue weighted by Gasteiger charge is -2.37. The van der Waals surface area contributed by atoms with Crippen LogP contribution in [0.3, 0.4) is 0 Å². The number of nitrogens with two attached hydrogens (primary N) is 1. The molecule has 62 heavy (non-hydrogen) atoms. The van der Waals surface area contributed by atoms with E-state index >= 15 is 0 Å².